The summed E-state index contributed by atoms with van der Waals surface area (Å²) in [6, 6.07) is 64.2. The highest BCUT2D eigenvalue weighted by molar-refractivity contribution is 6.18. The summed E-state index contributed by atoms with van der Waals surface area (Å²) < 4.78 is 25.3. The van der Waals surface area contributed by atoms with Crippen LogP contribution in [0.3, 0.4) is 0 Å². The average molecular weight is 822 g/mol. The Bertz CT molecular complexity index is 4090. The van der Waals surface area contributed by atoms with Gasteiger partial charge in [0.15, 0.2) is 17.5 Å². The van der Waals surface area contributed by atoms with E-state index in [-0.39, 0.29) is 0 Å². The molecule has 5 heterocycles. The molecule has 14 rings (SSSR count). The third-order valence-electron chi connectivity index (χ3n) is 12.5. The molecule has 0 amide bonds. The third-order valence-corrected chi connectivity index (χ3v) is 12.5. The number of nitrogens with zero attached hydrogens (tertiary/aromatic N) is 3. The zero-order valence-electron chi connectivity index (χ0n) is 33.9. The van der Waals surface area contributed by atoms with E-state index in [0.29, 0.717) is 17.5 Å². The minimum Gasteiger partial charge on any atom is -0.456 e. The van der Waals surface area contributed by atoms with Gasteiger partial charge < -0.3 is 17.7 Å². The van der Waals surface area contributed by atoms with Crippen LogP contribution in [0, 0.1) is 0 Å². The molecule has 0 aliphatic carbocycles. The monoisotopic (exact) mass is 821 g/mol. The van der Waals surface area contributed by atoms with Gasteiger partial charge in [0.25, 0.3) is 0 Å². The van der Waals surface area contributed by atoms with E-state index in [9.17, 15) is 0 Å². The molecule has 7 nitrogen and oxygen atoms in total. The fourth-order valence-corrected chi connectivity index (χ4v) is 9.48. The lowest BCUT2D eigenvalue weighted by Crippen LogP contribution is -2.00. The normalized spacial score (nSPS) is 12.1. The molecule has 5 aromatic heterocycles. The number of para-hydroxylation sites is 3. The standard InChI is InChI=1S/C57H31N3O4/c1-4-18-46-39(14-1)42-24-22-36(28-50(42)61-46)56-58-55(59-57(60-56)37-23-25-43-40-15-2-5-19-47(40)62-51(43)29-37)35-13-8-11-33(27-35)32-10-7-12-34(26-32)38-17-9-21-49-54(38)45-30-44-41-16-3-6-20-48(41)63-52(44)31-53(45)64-49/h1-31H. The summed E-state index contributed by atoms with van der Waals surface area (Å²) >= 11 is 0. The molecular formula is C57H31N3O4. The Morgan fingerprint density at radius 3 is 1.23 bits per heavy atom. The number of rotatable bonds is 5. The number of furan rings is 4. The lowest BCUT2D eigenvalue weighted by atomic mass is 9.95. The molecule has 0 bridgehead atoms. The largest absolute Gasteiger partial charge is 0.456 e. The van der Waals surface area contributed by atoms with Gasteiger partial charge in [0.05, 0.1) is 0 Å². The van der Waals surface area contributed by atoms with Crippen molar-refractivity contribution in [3.8, 4) is 56.4 Å². The lowest BCUT2D eigenvalue weighted by Gasteiger charge is -2.11. The summed E-state index contributed by atoms with van der Waals surface area (Å²) in [5.41, 5.74) is 13.3. The predicted octanol–water partition coefficient (Wildman–Crippen LogP) is 15.8. The first-order chi connectivity index (χ1) is 31.6. The molecule has 64 heavy (non-hydrogen) atoms. The van der Waals surface area contributed by atoms with Crippen LogP contribution in [0.5, 0.6) is 0 Å². The highest BCUT2D eigenvalue weighted by Crippen LogP contribution is 2.42. The smallest absolute Gasteiger partial charge is 0.164 e. The maximum Gasteiger partial charge on any atom is 0.164 e. The van der Waals surface area contributed by atoms with Crippen molar-refractivity contribution in [1.82, 2.24) is 15.0 Å². The Morgan fingerprint density at radius 1 is 0.234 bits per heavy atom. The Morgan fingerprint density at radius 2 is 0.641 bits per heavy atom. The van der Waals surface area contributed by atoms with Gasteiger partial charge in [-0.2, -0.15) is 0 Å². The second-order valence-electron chi connectivity index (χ2n) is 16.3. The van der Waals surface area contributed by atoms with Crippen LogP contribution in [-0.2, 0) is 0 Å². The van der Waals surface area contributed by atoms with Crippen LogP contribution in [0.4, 0.5) is 0 Å². The first kappa shape index (κ1) is 34.9. The molecule has 0 fully saturated rings. The molecule has 0 saturated heterocycles. The minimum absolute atomic E-state index is 0.542. The average Bonchev–Trinajstić information content (AvgIpc) is 4.12. The van der Waals surface area contributed by atoms with Crippen molar-refractivity contribution < 1.29 is 17.7 Å². The van der Waals surface area contributed by atoms with Gasteiger partial charge in [-0.15, -0.1) is 0 Å². The van der Waals surface area contributed by atoms with Gasteiger partial charge in [-0.1, -0.05) is 115 Å². The zero-order chi connectivity index (χ0) is 41.9. The van der Waals surface area contributed by atoms with E-state index in [1.54, 1.807) is 0 Å². The van der Waals surface area contributed by atoms with E-state index < -0.39 is 0 Å². The molecular weight excluding hydrogens is 791 g/mol. The Kier molecular flexibility index (Phi) is 7.27. The maximum absolute atomic E-state index is 6.46. The van der Waals surface area contributed by atoms with Crippen molar-refractivity contribution in [2.75, 3.05) is 0 Å². The topological polar surface area (TPSA) is 91.2 Å². The van der Waals surface area contributed by atoms with E-state index in [1.165, 1.54) is 0 Å². The lowest BCUT2D eigenvalue weighted by molar-refractivity contribution is 0.656. The van der Waals surface area contributed by atoms with Crippen LogP contribution in [0.25, 0.3) is 144 Å². The van der Waals surface area contributed by atoms with Crippen molar-refractivity contribution >= 4 is 87.8 Å². The fraction of sp³-hybridized carbons (Fsp3) is 0. The molecule has 0 spiro atoms. The van der Waals surface area contributed by atoms with Crippen molar-refractivity contribution in [3.63, 3.8) is 0 Å². The van der Waals surface area contributed by atoms with Crippen LogP contribution < -0.4 is 0 Å². The van der Waals surface area contributed by atoms with Crippen molar-refractivity contribution in [1.29, 1.82) is 0 Å². The van der Waals surface area contributed by atoms with Crippen LogP contribution >= 0.6 is 0 Å². The highest BCUT2D eigenvalue weighted by Gasteiger charge is 2.19. The van der Waals surface area contributed by atoms with Crippen LogP contribution in [0.2, 0.25) is 0 Å². The van der Waals surface area contributed by atoms with Crippen molar-refractivity contribution in [3.05, 3.63) is 188 Å². The molecule has 7 heteroatoms. The van der Waals surface area contributed by atoms with E-state index in [4.69, 9.17) is 32.6 Å². The highest BCUT2D eigenvalue weighted by atomic mass is 16.3. The van der Waals surface area contributed by atoms with E-state index in [0.717, 1.165) is 127 Å². The summed E-state index contributed by atoms with van der Waals surface area (Å²) in [5, 5.41) is 8.51. The van der Waals surface area contributed by atoms with Gasteiger partial charge in [0, 0.05) is 65.8 Å². The predicted molar refractivity (Wildman–Crippen MR) is 256 cm³/mol. The van der Waals surface area contributed by atoms with Crippen molar-refractivity contribution in [2.45, 2.75) is 0 Å². The number of hydrogen-bond donors (Lipinski definition) is 0. The Labute approximate surface area is 363 Å². The van der Waals surface area contributed by atoms with Gasteiger partial charge >= 0.3 is 0 Å². The number of aromatic nitrogens is 3. The minimum atomic E-state index is 0.542. The van der Waals surface area contributed by atoms with Gasteiger partial charge in [-0.3, -0.25) is 0 Å². The summed E-state index contributed by atoms with van der Waals surface area (Å²) in [5.74, 6) is 1.64. The summed E-state index contributed by atoms with van der Waals surface area (Å²) in [7, 11) is 0. The molecule has 0 atom stereocenters. The molecule has 0 unspecified atom stereocenters. The van der Waals surface area contributed by atoms with E-state index in [2.05, 4.69) is 109 Å². The summed E-state index contributed by atoms with van der Waals surface area (Å²) in [6.07, 6.45) is 0. The zero-order valence-corrected chi connectivity index (χ0v) is 33.9. The molecule has 0 saturated carbocycles. The Balaban J connectivity index is 0.897. The second-order valence-corrected chi connectivity index (χ2v) is 16.3. The first-order valence-corrected chi connectivity index (χ1v) is 21.2. The second kappa shape index (κ2) is 13.3. The van der Waals surface area contributed by atoms with Gasteiger partial charge in [-0.05, 0) is 89.0 Å². The molecule has 14 aromatic rings. The molecule has 0 N–H and O–H groups in total. The number of benzene rings is 9. The van der Waals surface area contributed by atoms with Gasteiger partial charge in [-0.25, -0.2) is 15.0 Å². The molecule has 298 valence electrons. The van der Waals surface area contributed by atoms with E-state index in [1.807, 2.05) is 78.9 Å². The van der Waals surface area contributed by atoms with Gasteiger partial charge in [0.2, 0.25) is 0 Å². The van der Waals surface area contributed by atoms with Crippen molar-refractivity contribution in [2.24, 2.45) is 0 Å². The van der Waals surface area contributed by atoms with Gasteiger partial charge in [0.1, 0.15) is 44.7 Å². The molecule has 0 aliphatic rings. The van der Waals surface area contributed by atoms with Crippen LogP contribution in [-0.4, -0.2) is 15.0 Å². The number of fused-ring (bicyclic) bond motifs is 12. The fourth-order valence-electron chi connectivity index (χ4n) is 9.48. The third kappa shape index (κ3) is 5.37. The molecule has 0 aliphatic heterocycles. The van der Waals surface area contributed by atoms with Crippen LogP contribution in [0.15, 0.2) is 206 Å². The Hall–Kier alpha value is -8.81. The maximum atomic E-state index is 6.46. The summed E-state index contributed by atoms with van der Waals surface area (Å²) in [6.45, 7) is 0. The SMILES string of the molecule is c1cc(-c2cccc(-c3cccc4oc5cc6oc7ccccc7c6cc5c34)c2)cc(-c2nc(-c3ccc4c(c3)oc3ccccc34)nc(-c3ccc4c(c3)oc3ccccc34)n2)c1. The van der Waals surface area contributed by atoms with Crippen LogP contribution in [0.1, 0.15) is 0 Å². The van der Waals surface area contributed by atoms with E-state index >= 15 is 0 Å². The first-order valence-electron chi connectivity index (χ1n) is 21.2. The quantitative estimate of drug-likeness (QED) is 0.171. The summed E-state index contributed by atoms with van der Waals surface area (Å²) in [4.78, 5) is 15.4. The molecule has 0 radical (unpaired) electrons. The number of hydrogen-bond acceptors (Lipinski definition) is 7. The molecule has 9 aromatic carbocycles.